The lowest BCUT2D eigenvalue weighted by atomic mass is 10.1. The van der Waals surface area contributed by atoms with Gasteiger partial charge in [0.05, 0.1) is 18.0 Å². The number of carbonyl (C=O) groups excluding carboxylic acids is 1. The van der Waals surface area contributed by atoms with Crippen LogP contribution in [-0.2, 0) is 4.79 Å². The van der Waals surface area contributed by atoms with Crippen LogP contribution in [-0.4, -0.2) is 24.6 Å². The first-order valence-electron chi connectivity index (χ1n) is 7.39. The monoisotopic (exact) mass is 293 g/mol. The Kier molecular flexibility index (Phi) is 6.34. The van der Waals surface area contributed by atoms with Crippen molar-refractivity contribution in [2.45, 2.75) is 46.1 Å². The molecule has 1 aromatic carbocycles. The van der Waals surface area contributed by atoms with Gasteiger partial charge in [0, 0.05) is 18.5 Å². The number of nitrogens with one attached hydrogen (secondary N) is 2. The quantitative estimate of drug-likeness (QED) is 0.676. The van der Waals surface area contributed by atoms with Crippen LogP contribution >= 0.6 is 0 Å². The number of anilines is 2. The van der Waals surface area contributed by atoms with Gasteiger partial charge in [-0.2, -0.15) is 0 Å². The first kappa shape index (κ1) is 17.1. The lowest BCUT2D eigenvalue weighted by Gasteiger charge is -2.20. The Morgan fingerprint density at radius 3 is 2.67 bits per heavy atom. The smallest absolute Gasteiger partial charge is 0.222 e. The van der Waals surface area contributed by atoms with Gasteiger partial charge in [-0.3, -0.25) is 4.79 Å². The zero-order valence-electron chi connectivity index (χ0n) is 13.5. The Bertz CT molecular complexity index is 467. The van der Waals surface area contributed by atoms with Crippen LogP contribution < -0.4 is 21.1 Å². The first-order valence-corrected chi connectivity index (χ1v) is 7.39. The number of ether oxygens (including phenoxy) is 1. The van der Waals surface area contributed by atoms with Crippen LogP contribution in [0, 0.1) is 0 Å². The standard InChI is InChI=1S/C16H27N3O2/c1-5-11-21-13-8-6-7-12(15(13)17)18-10-9-14(20)19-16(2,3)4/h6-8,18H,5,9-11,17H2,1-4H3,(H,19,20). The van der Waals surface area contributed by atoms with E-state index in [1.54, 1.807) is 0 Å². The highest BCUT2D eigenvalue weighted by Crippen LogP contribution is 2.29. The van der Waals surface area contributed by atoms with E-state index in [-0.39, 0.29) is 11.4 Å². The molecule has 0 heterocycles. The molecule has 5 heteroatoms. The van der Waals surface area contributed by atoms with Crippen LogP contribution in [0.4, 0.5) is 11.4 Å². The fourth-order valence-electron chi connectivity index (χ4n) is 1.83. The molecule has 0 aliphatic rings. The molecule has 1 rings (SSSR count). The zero-order chi connectivity index (χ0) is 15.9. The average Bonchev–Trinajstić information content (AvgIpc) is 2.37. The SMILES string of the molecule is CCCOc1cccc(NCCC(=O)NC(C)(C)C)c1N. The van der Waals surface area contributed by atoms with E-state index < -0.39 is 0 Å². The van der Waals surface area contributed by atoms with Crippen molar-refractivity contribution in [1.29, 1.82) is 0 Å². The largest absolute Gasteiger partial charge is 0.491 e. The van der Waals surface area contributed by atoms with E-state index in [1.807, 2.05) is 45.9 Å². The third-order valence-electron chi connectivity index (χ3n) is 2.71. The summed E-state index contributed by atoms with van der Waals surface area (Å²) in [7, 11) is 0. The fraction of sp³-hybridized carbons (Fsp3) is 0.562. The van der Waals surface area contributed by atoms with E-state index in [4.69, 9.17) is 10.5 Å². The summed E-state index contributed by atoms with van der Waals surface area (Å²) in [5.41, 5.74) is 7.23. The van der Waals surface area contributed by atoms with Gasteiger partial charge in [-0.05, 0) is 39.3 Å². The number of nitrogens with two attached hydrogens (primary N) is 1. The van der Waals surface area contributed by atoms with Gasteiger partial charge in [-0.1, -0.05) is 13.0 Å². The van der Waals surface area contributed by atoms with E-state index in [0.717, 1.165) is 12.1 Å². The van der Waals surface area contributed by atoms with Crippen molar-refractivity contribution in [3.63, 3.8) is 0 Å². The maximum absolute atomic E-state index is 11.7. The van der Waals surface area contributed by atoms with Gasteiger partial charge in [0.25, 0.3) is 0 Å². The van der Waals surface area contributed by atoms with Crippen molar-refractivity contribution in [1.82, 2.24) is 5.32 Å². The summed E-state index contributed by atoms with van der Waals surface area (Å²) in [5.74, 6) is 0.702. The lowest BCUT2D eigenvalue weighted by Crippen LogP contribution is -2.41. The van der Waals surface area contributed by atoms with Gasteiger partial charge in [0.15, 0.2) is 0 Å². The minimum absolute atomic E-state index is 0.0203. The average molecular weight is 293 g/mol. The fourth-order valence-corrected chi connectivity index (χ4v) is 1.83. The number of hydrogen-bond acceptors (Lipinski definition) is 4. The second-order valence-corrected chi connectivity index (χ2v) is 6.04. The number of carbonyl (C=O) groups is 1. The van der Waals surface area contributed by atoms with Crippen molar-refractivity contribution in [3.8, 4) is 5.75 Å². The molecule has 21 heavy (non-hydrogen) atoms. The Labute approximate surface area is 127 Å². The minimum Gasteiger partial charge on any atom is -0.491 e. The molecule has 0 radical (unpaired) electrons. The van der Waals surface area contributed by atoms with Crippen molar-refractivity contribution < 1.29 is 9.53 Å². The summed E-state index contributed by atoms with van der Waals surface area (Å²) in [6, 6.07) is 5.62. The summed E-state index contributed by atoms with van der Waals surface area (Å²) in [6.45, 7) is 9.11. The normalized spacial score (nSPS) is 11.0. The van der Waals surface area contributed by atoms with Gasteiger partial charge in [0.2, 0.25) is 5.91 Å². The molecule has 0 aromatic heterocycles. The molecule has 0 aliphatic carbocycles. The molecule has 0 aliphatic heterocycles. The molecule has 0 spiro atoms. The van der Waals surface area contributed by atoms with E-state index in [1.165, 1.54) is 0 Å². The molecule has 0 bridgehead atoms. The molecule has 5 nitrogen and oxygen atoms in total. The van der Waals surface area contributed by atoms with Crippen LogP contribution in [0.15, 0.2) is 18.2 Å². The van der Waals surface area contributed by atoms with Crippen LogP contribution in [0.3, 0.4) is 0 Å². The first-order chi connectivity index (χ1) is 9.83. The number of para-hydroxylation sites is 1. The highest BCUT2D eigenvalue weighted by molar-refractivity contribution is 5.78. The van der Waals surface area contributed by atoms with E-state index in [0.29, 0.717) is 31.0 Å². The molecule has 118 valence electrons. The summed E-state index contributed by atoms with van der Waals surface area (Å²) in [6.07, 6.45) is 1.33. The minimum atomic E-state index is -0.204. The lowest BCUT2D eigenvalue weighted by molar-refractivity contribution is -0.122. The van der Waals surface area contributed by atoms with Gasteiger partial charge < -0.3 is 21.1 Å². The number of amides is 1. The molecular weight excluding hydrogens is 266 g/mol. The Morgan fingerprint density at radius 1 is 1.33 bits per heavy atom. The molecule has 4 N–H and O–H groups in total. The summed E-state index contributed by atoms with van der Waals surface area (Å²) < 4.78 is 5.58. The summed E-state index contributed by atoms with van der Waals surface area (Å²) >= 11 is 0. The van der Waals surface area contributed by atoms with Crippen molar-refractivity contribution in [3.05, 3.63) is 18.2 Å². The molecular formula is C16H27N3O2. The second kappa shape index (κ2) is 7.76. The highest BCUT2D eigenvalue weighted by Gasteiger charge is 2.13. The third-order valence-corrected chi connectivity index (χ3v) is 2.71. The van der Waals surface area contributed by atoms with Crippen molar-refractivity contribution in [2.75, 3.05) is 24.2 Å². The van der Waals surface area contributed by atoms with Crippen LogP contribution in [0.5, 0.6) is 5.75 Å². The topological polar surface area (TPSA) is 76.4 Å². The predicted octanol–water partition coefficient (Wildman–Crippen LogP) is 2.77. The molecule has 0 fully saturated rings. The van der Waals surface area contributed by atoms with E-state index in [9.17, 15) is 4.79 Å². The molecule has 0 unspecified atom stereocenters. The van der Waals surface area contributed by atoms with Crippen LogP contribution in [0.2, 0.25) is 0 Å². The Morgan fingerprint density at radius 2 is 2.05 bits per heavy atom. The molecule has 1 amide bonds. The van der Waals surface area contributed by atoms with E-state index in [2.05, 4.69) is 10.6 Å². The number of nitrogen functional groups attached to an aromatic ring is 1. The second-order valence-electron chi connectivity index (χ2n) is 6.04. The summed E-state index contributed by atoms with van der Waals surface area (Å²) in [5, 5.41) is 6.11. The van der Waals surface area contributed by atoms with Crippen LogP contribution in [0.1, 0.15) is 40.5 Å². The van der Waals surface area contributed by atoms with Gasteiger partial charge >= 0.3 is 0 Å². The number of rotatable bonds is 7. The highest BCUT2D eigenvalue weighted by atomic mass is 16.5. The third kappa shape index (κ3) is 6.38. The number of benzene rings is 1. The van der Waals surface area contributed by atoms with Crippen LogP contribution in [0.25, 0.3) is 0 Å². The molecule has 0 saturated carbocycles. The maximum Gasteiger partial charge on any atom is 0.222 e. The number of hydrogen-bond donors (Lipinski definition) is 3. The Balaban J connectivity index is 2.50. The van der Waals surface area contributed by atoms with Crippen molar-refractivity contribution >= 4 is 17.3 Å². The van der Waals surface area contributed by atoms with E-state index >= 15 is 0 Å². The molecule has 0 saturated heterocycles. The zero-order valence-corrected chi connectivity index (χ0v) is 13.5. The molecule has 0 atom stereocenters. The van der Waals surface area contributed by atoms with Crippen molar-refractivity contribution in [2.24, 2.45) is 0 Å². The van der Waals surface area contributed by atoms with Gasteiger partial charge in [0.1, 0.15) is 5.75 Å². The molecule has 1 aromatic rings. The summed E-state index contributed by atoms with van der Waals surface area (Å²) in [4.78, 5) is 11.7. The van der Waals surface area contributed by atoms with Gasteiger partial charge in [-0.15, -0.1) is 0 Å². The Hall–Kier alpha value is -1.91. The van der Waals surface area contributed by atoms with Gasteiger partial charge in [-0.25, -0.2) is 0 Å². The maximum atomic E-state index is 11.7. The predicted molar refractivity (Wildman–Crippen MR) is 87.6 cm³/mol.